The van der Waals surface area contributed by atoms with Gasteiger partial charge in [0.15, 0.2) is 6.10 Å². The number of carbonyl (C=O) groups excluding carboxylic acids is 2. The molecule has 1 fully saturated rings. The third kappa shape index (κ3) is 2.93. The topological polar surface area (TPSA) is 87.2 Å². The number of hydrogen-bond donors (Lipinski definition) is 1. The lowest BCUT2D eigenvalue weighted by Gasteiger charge is -2.35. The third-order valence-electron chi connectivity index (χ3n) is 4.37. The minimum Gasteiger partial charge on any atom is -0.480 e. The number of para-hydroxylation sites is 2. The number of ether oxygens (including phenoxy) is 1. The molecule has 2 amide bonds. The predicted molar refractivity (Wildman–Crippen MR) is 85.9 cm³/mol. The summed E-state index contributed by atoms with van der Waals surface area (Å²) in [5, 5.41) is 9.24. The Bertz CT molecular complexity index is 685. The van der Waals surface area contributed by atoms with E-state index in [-0.39, 0.29) is 24.4 Å². The molecule has 1 aromatic carbocycles. The van der Waals surface area contributed by atoms with Crippen LogP contribution in [0.1, 0.15) is 26.7 Å². The van der Waals surface area contributed by atoms with Crippen LogP contribution in [-0.2, 0) is 14.4 Å². The first-order chi connectivity index (χ1) is 11.4. The number of aliphatic carboxylic acids is 1. The molecule has 2 unspecified atom stereocenters. The lowest BCUT2D eigenvalue weighted by atomic mass is 10.1. The van der Waals surface area contributed by atoms with Crippen LogP contribution in [0.5, 0.6) is 5.75 Å². The van der Waals surface area contributed by atoms with Gasteiger partial charge in [-0.2, -0.15) is 0 Å². The van der Waals surface area contributed by atoms with Crippen LogP contribution < -0.4 is 9.64 Å². The highest BCUT2D eigenvalue weighted by Gasteiger charge is 2.40. The fourth-order valence-electron chi connectivity index (χ4n) is 2.95. The van der Waals surface area contributed by atoms with E-state index >= 15 is 0 Å². The molecule has 2 atom stereocenters. The minimum absolute atomic E-state index is 0.0487. The predicted octanol–water partition coefficient (Wildman–Crippen LogP) is 1.26. The molecule has 0 radical (unpaired) electrons. The van der Waals surface area contributed by atoms with Gasteiger partial charge in [0.25, 0.3) is 5.91 Å². The summed E-state index contributed by atoms with van der Waals surface area (Å²) in [6.45, 7) is 2.95. The van der Waals surface area contributed by atoms with Gasteiger partial charge in [-0.1, -0.05) is 12.1 Å². The third-order valence-corrected chi connectivity index (χ3v) is 4.37. The van der Waals surface area contributed by atoms with Gasteiger partial charge < -0.3 is 14.7 Å². The highest BCUT2D eigenvalue weighted by atomic mass is 16.5. The quantitative estimate of drug-likeness (QED) is 0.877. The van der Waals surface area contributed by atoms with E-state index in [1.54, 1.807) is 31.2 Å². The summed E-state index contributed by atoms with van der Waals surface area (Å²) in [7, 11) is 0. The van der Waals surface area contributed by atoms with Crippen LogP contribution in [0.4, 0.5) is 5.69 Å². The second-order valence-corrected chi connectivity index (χ2v) is 6.20. The number of fused-ring (bicyclic) bond motifs is 1. The van der Waals surface area contributed by atoms with Crippen LogP contribution in [0.15, 0.2) is 24.3 Å². The van der Waals surface area contributed by atoms with Gasteiger partial charge in [-0.25, -0.2) is 4.79 Å². The Morgan fingerprint density at radius 2 is 2.04 bits per heavy atom. The Hall–Kier alpha value is -2.57. The van der Waals surface area contributed by atoms with Crippen LogP contribution in [0, 0.1) is 0 Å². The number of carboxylic acid groups (broad SMARTS) is 1. The highest BCUT2D eigenvalue weighted by molar-refractivity contribution is 6.04. The van der Waals surface area contributed by atoms with Crippen molar-refractivity contribution in [3.05, 3.63) is 24.3 Å². The molecule has 1 aliphatic heterocycles. The van der Waals surface area contributed by atoms with Gasteiger partial charge in [0.2, 0.25) is 5.91 Å². The smallest absolute Gasteiger partial charge is 0.326 e. The maximum atomic E-state index is 12.7. The zero-order valence-corrected chi connectivity index (χ0v) is 13.6. The first-order valence-corrected chi connectivity index (χ1v) is 8.01. The first-order valence-electron chi connectivity index (χ1n) is 8.01. The normalized spacial score (nSPS) is 20.8. The molecule has 7 nitrogen and oxygen atoms in total. The van der Waals surface area contributed by atoms with Crippen molar-refractivity contribution in [2.75, 3.05) is 11.4 Å². The maximum Gasteiger partial charge on any atom is 0.326 e. The summed E-state index contributed by atoms with van der Waals surface area (Å²) in [5.41, 5.74) is 0.535. The largest absolute Gasteiger partial charge is 0.480 e. The average molecular weight is 332 g/mol. The van der Waals surface area contributed by atoms with Gasteiger partial charge in [-0.05, 0) is 38.8 Å². The van der Waals surface area contributed by atoms with Crippen LogP contribution in [-0.4, -0.2) is 52.5 Å². The Balaban J connectivity index is 1.85. The van der Waals surface area contributed by atoms with E-state index in [4.69, 9.17) is 4.74 Å². The highest BCUT2D eigenvalue weighted by Crippen LogP contribution is 2.34. The van der Waals surface area contributed by atoms with Crippen molar-refractivity contribution in [3.63, 3.8) is 0 Å². The number of rotatable bonds is 5. The molecular formula is C17H20N2O5. The Morgan fingerprint density at radius 3 is 2.67 bits per heavy atom. The molecule has 1 saturated carbocycles. The molecule has 1 aliphatic carbocycles. The number of nitrogens with zero attached hydrogens (tertiary/aromatic N) is 2. The lowest BCUT2D eigenvalue weighted by molar-refractivity contribution is -0.149. The maximum absolute atomic E-state index is 12.7. The second-order valence-electron chi connectivity index (χ2n) is 6.20. The van der Waals surface area contributed by atoms with Crippen LogP contribution in [0.25, 0.3) is 0 Å². The zero-order chi connectivity index (χ0) is 17.4. The molecule has 1 aromatic rings. The van der Waals surface area contributed by atoms with Crippen molar-refractivity contribution < 1.29 is 24.2 Å². The molecule has 0 bridgehead atoms. The monoisotopic (exact) mass is 332 g/mol. The van der Waals surface area contributed by atoms with Crippen molar-refractivity contribution >= 4 is 23.5 Å². The standard InChI is InChI=1S/C17H20N2O5/c1-10(17(22)23)19(12-7-8-12)15(20)9-18-13-5-3-4-6-14(13)24-11(2)16(18)21/h3-6,10-12H,7-9H2,1-2H3,(H,22,23). The van der Waals surface area contributed by atoms with Crippen molar-refractivity contribution in [1.29, 1.82) is 0 Å². The molecule has 128 valence electrons. The average Bonchev–Trinajstić information content (AvgIpc) is 3.36. The van der Waals surface area contributed by atoms with E-state index in [1.165, 1.54) is 16.7 Å². The summed E-state index contributed by atoms with van der Waals surface area (Å²) < 4.78 is 5.55. The summed E-state index contributed by atoms with van der Waals surface area (Å²) in [4.78, 5) is 39.2. The molecule has 7 heteroatoms. The fourth-order valence-corrected chi connectivity index (χ4v) is 2.95. The second kappa shape index (κ2) is 6.14. The van der Waals surface area contributed by atoms with Crippen molar-refractivity contribution in [3.8, 4) is 5.75 Å². The molecule has 2 aliphatic rings. The summed E-state index contributed by atoms with van der Waals surface area (Å²) in [5.74, 6) is -1.16. The van der Waals surface area contributed by atoms with Crippen LogP contribution in [0.3, 0.4) is 0 Å². The lowest BCUT2D eigenvalue weighted by Crippen LogP contribution is -2.53. The fraction of sp³-hybridized carbons (Fsp3) is 0.471. The Labute approximate surface area is 139 Å². The van der Waals surface area contributed by atoms with Gasteiger partial charge in [0.1, 0.15) is 18.3 Å². The molecular weight excluding hydrogens is 312 g/mol. The number of hydrogen-bond acceptors (Lipinski definition) is 4. The Kier molecular flexibility index (Phi) is 4.17. The first kappa shape index (κ1) is 16.3. The number of amides is 2. The van der Waals surface area contributed by atoms with Gasteiger partial charge in [0.05, 0.1) is 5.69 Å². The van der Waals surface area contributed by atoms with Crippen LogP contribution in [0.2, 0.25) is 0 Å². The summed E-state index contributed by atoms with van der Waals surface area (Å²) in [6.07, 6.45) is 0.917. The minimum atomic E-state index is -1.04. The number of carboxylic acids is 1. The number of carbonyl (C=O) groups is 3. The Morgan fingerprint density at radius 1 is 1.38 bits per heavy atom. The summed E-state index contributed by atoms with van der Waals surface area (Å²) in [6, 6.07) is 6.07. The van der Waals surface area contributed by atoms with E-state index in [1.807, 2.05) is 0 Å². The number of anilines is 1. The molecule has 0 aromatic heterocycles. The van der Waals surface area contributed by atoms with E-state index < -0.39 is 18.1 Å². The van der Waals surface area contributed by atoms with Crippen molar-refractivity contribution in [1.82, 2.24) is 4.90 Å². The summed E-state index contributed by atoms with van der Waals surface area (Å²) >= 11 is 0. The SMILES string of the molecule is CC1Oc2ccccc2N(CC(=O)N(C2CC2)C(C)C(=O)O)C1=O. The van der Waals surface area contributed by atoms with Gasteiger partial charge >= 0.3 is 5.97 Å². The molecule has 0 spiro atoms. The van der Waals surface area contributed by atoms with Gasteiger partial charge in [-0.3, -0.25) is 14.5 Å². The van der Waals surface area contributed by atoms with E-state index in [0.717, 1.165) is 12.8 Å². The molecule has 1 heterocycles. The number of benzene rings is 1. The van der Waals surface area contributed by atoms with E-state index in [2.05, 4.69) is 0 Å². The van der Waals surface area contributed by atoms with E-state index in [0.29, 0.717) is 11.4 Å². The van der Waals surface area contributed by atoms with Gasteiger partial charge in [0, 0.05) is 6.04 Å². The van der Waals surface area contributed by atoms with E-state index in [9.17, 15) is 19.5 Å². The molecule has 24 heavy (non-hydrogen) atoms. The zero-order valence-electron chi connectivity index (χ0n) is 13.6. The molecule has 0 saturated heterocycles. The molecule has 3 rings (SSSR count). The van der Waals surface area contributed by atoms with Crippen LogP contribution >= 0.6 is 0 Å². The van der Waals surface area contributed by atoms with Crippen molar-refractivity contribution in [2.24, 2.45) is 0 Å². The van der Waals surface area contributed by atoms with Crippen molar-refractivity contribution in [2.45, 2.75) is 44.9 Å². The molecule has 1 N–H and O–H groups in total. The van der Waals surface area contributed by atoms with Gasteiger partial charge in [-0.15, -0.1) is 0 Å².